The van der Waals surface area contributed by atoms with Crippen molar-refractivity contribution in [3.05, 3.63) is 41.5 Å². The molecule has 3 heterocycles. The lowest BCUT2D eigenvalue weighted by atomic mass is 9.92. The topological polar surface area (TPSA) is 70.4 Å². The Bertz CT molecular complexity index is 827. The molecule has 27 heavy (non-hydrogen) atoms. The summed E-state index contributed by atoms with van der Waals surface area (Å²) in [4.78, 5) is 14.7. The smallest absolute Gasteiger partial charge is 0.278 e. The van der Waals surface area contributed by atoms with E-state index in [2.05, 4.69) is 10.4 Å². The summed E-state index contributed by atoms with van der Waals surface area (Å²) in [5.74, 6) is 0.531. The van der Waals surface area contributed by atoms with E-state index >= 15 is 0 Å². The number of carbonyl (C=O) groups is 1. The highest BCUT2D eigenvalue weighted by atomic mass is 35.5. The number of fused-ring (bicyclic) bond motifs is 1. The SMILES string of the molecule is Cc1cc(F)ccc1-n1cc(O)c(C(=O)N2CC[C@@H]3CNC[C@@H]3CC2)n1.Cl. The molecule has 146 valence electrons. The molecule has 2 aliphatic rings. The minimum atomic E-state index is -0.330. The minimum absolute atomic E-state index is 0. The minimum Gasteiger partial charge on any atom is -0.504 e. The maximum Gasteiger partial charge on any atom is 0.278 e. The van der Waals surface area contributed by atoms with E-state index in [1.165, 1.54) is 23.0 Å². The predicted molar refractivity (Wildman–Crippen MR) is 102 cm³/mol. The third-order valence-electron chi connectivity index (χ3n) is 5.61. The Morgan fingerprint density at radius 1 is 1.26 bits per heavy atom. The third kappa shape index (κ3) is 3.80. The molecule has 0 aliphatic carbocycles. The van der Waals surface area contributed by atoms with E-state index in [1.807, 2.05) is 0 Å². The van der Waals surface area contributed by atoms with Crippen molar-refractivity contribution >= 4 is 18.3 Å². The van der Waals surface area contributed by atoms with Crippen LogP contribution in [-0.2, 0) is 0 Å². The van der Waals surface area contributed by atoms with Crippen molar-refractivity contribution in [3.8, 4) is 11.4 Å². The number of aryl methyl sites for hydroxylation is 1. The Balaban J connectivity index is 0.00000210. The molecule has 1 aromatic heterocycles. The summed E-state index contributed by atoms with van der Waals surface area (Å²) in [5.41, 5.74) is 1.37. The monoisotopic (exact) mass is 394 g/mol. The van der Waals surface area contributed by atoms with Crippen molar-refractivity contribution in [3.63, 3.8) is 0 Å². The van der Waals surface area contributed by atoms with Crippen LogP contribution >= 0.6 is 12.4 Å². The standard InChI is InChI=1S/C19H23FN4O2.ClH/c1-12-8-15(20)2-3-16(12)24-11-17(25)18(22-24)19(26)23-6-4-13-9-21-10-14(13)5-7-23;/h2-3,8,11,13-14,21,25H,4-7,9-10H2,1H3;1H/t13-,14+;. The van der Waals surface area contributed by atoms with Crippen LogP contribution in [0.3, 0.4) is 0 Å². The number of hydrogen-bond donors (Lipinski definition) is 2. The molecule has 0 saturated carbocycles. The molecule has 2 aromatic rings. The van der Waals surface area contributed by atoms with Gasteiger partial charge in [0.2, 0.25) is 0 Å². The van der Waals surface area contributed by atoms with Gasteiger partial charge >= 0.3 is 0 Å². The van der Waals surface area contributed by atoms with Gasteiger partial charge in [0.15, 0.2) is 11.4 Å². The average Bonchev–Trinajstić information content (AvgIpc) is 3.16. The van der Waals surface area contributed by atoms with Crippen LogP contribution in [0.5, 0.6) is 5.75 Å². The van der Waals surface area contributed by atoms with Crippen LogP contribution in [0, 0.1) is 24.6 Å². The fourth-order valence-electron chi connectivity index (χ4n) is 4.09. The van der Waals surface area contributed by atoms with Crippen molar-refractivity contribution in [2.45, 2.75) is 19.8 Å². The second-order valence-electron chi connectivity index (χ2n) is 7.29. The van der Waals surface area contributed by atoms with Gasteiger partial charge in [-0.05, 0) is 68.5 Å². The van der Waals surface area contributed by atoms with Crippen LogP contribution in [0.25, 0.3) is 5.69 Å². The van der Waals surface area contributed by atoms with Crippen molar-refractivity contribution in [1.82, 2.24) is 20.0 Å². The van der Waals surface area contributed by atoms with E-state index in [-0.39, 0.29) is 35.6 Å². The number of rotatable bonds is 2. The Hall–Kier alpha value is -2.12. The lowest BCUT2D eigenvalue weighted by Gasteiger charge is -2.19. The number of halogens is 2. The van der Waals surface area contributed by atoms with E-state index in [4.69, 9.17) is 0 Å². The molecule has 4 rings (SSSR count). The van der Waals surface area contributed by atoms with Crippen molar-refractivity contribution in [2.75, 3.05) is 26.2 Å². The summed E-state index contributed by atoms with van der Waals surface area (Å²) in [6, 6.07) is 4.33. The predicted octanol–water partition coefficient (Wildman–Crippen LogP) is 2.52. The fourth-order valence-corrected chi connectivity index (χ4v) is 4.09. The Kier molecular flexibility index (Phi) is 5.72. The Morgan fingerprint density at radius 2 is 1.93 bits per heavy atom. The molecular weight excluding hydrogens is 371 g/mol. The molecule has 0 unspecified atom stereocenters. The van der Waals surface area contributed by atoms with Gasteiger partial charge in [0.05, 0.1) is 11.9 Å². The lowest BCUT2D eigenvalue weighted by molar-refractivity contribution is 0.0749. The number of carbonyl (C=O) groups excluding carboxylic acids is 1. The highest BCUT2D eigenvalue weighted by Gasteiger charge is 2.33. The molecule has 1 amide bonds. The van der Waals surface area contributed by atoms with Crippen LogP contribution in [0.15, 0.2) is 24.4 Å². The molecule has 0 radical (unpaired) electrons. The summed E-state index contributed by atoms with van der Waals surface area (Å²) in [7, 11) is 0. The number of nitrogens with zero attached hydrogens (tertiary/aromatic N) is 3. The number of aromatic nitrogens is 2. The first-order valence-corrected chi connectivity index (χ1v) is 9.08. The summed E-state index contributed by atoms with van der Waals surface area (Å²) < 4.78 is 14.7. The van der Waals surface area contributed by atoms with Crippen molar-refractivity contribution in [2.24, 2.45) is 11.8 Å². The lowest BCUT2D eigenvalue weighted by Crippen LogP contribution is -2.33. The first-order chi connectivity index (χ1) is 12.5. The normalized spacial score (nSPS) is 22.1. The average molecular weight is 395 g/mol. The molecule has 6 nitrogen and oxygen atoms in total. The molecule has 1 aromatic carbocycles. The van der Waals surface area contributed by atoms with Gasteiger partial charge in [-0.15, -0.1) is 12.4 Å². The van der Waals surface area contributed by atoms with Crippen molar-refractivity contribution < 1.29 is 14.3 Å². The van der Waals surface area contributed by atoms with Gasteiger partial charge in [0.25, 0.3) is 5.91 Å². The first kappa shape index (κ1) is 19.6. The molecular formula is C19H24ClFN4O2. The van der Waals surface area contributed by atoms with E-state index in [0.29, 0.717) is 36.2 Å². The molecule has 0 spiro atoms. The Labute approximate surface area is 163 Å². The summed E-state index contributed by atoms with van der Waals surface area (Å²) >= 11 is 0. The van der Waals surface area contributed by atoms with Crippen LogP contribution < -0.4 is 5.32 Å². The summed E-state index contributed by atoms with van der Waals surface area (Å²) in [6.07, 6.45) is 3.36. The van der Waals surface area contributed by atoms with Crippen LogP contribution in [-0.4, -0.2) is 51.9 Å². The Morgan fingerprint density at radius 3 is 2.56 bits per heavy atom. The highest BCUT2D eigenvalue weighted by molar-refractivity contribution is 5.94. The van der Waals surface area contributed by atoms with Crippen LogP contribution in [0.1, 0.15) is 28.9 Å². The maximum atomic E-state index is 13.3. The molecule has 2 fully saturated rings. The first-order valence-electron chi connectivity index (χ1n) is 9.08. The number of likely N-dealkylation sites (tertiary alicyclic amines) is 1. The van der Waals surface area contributed by atoms with Gasteiger partial charge in [-0.3, -0.25) is 4.79 Å². The second kappa shape index (κ2) is 7.86. The van der Waals surface area contributed by atoms with E-state index in [0.717, 1.165) is 25.9 Å². The quantitative estimate of drug-likeness (QED) is 0.821. The number of hydrogen-bond acceptors (Lipinski definition) is 4. The molecule has 2 aliphatic heterocycles. The fraction of sp³-hybridized carbons (Fsp3) is 0.474. The number of aromatic hydroxyl groups is 1. The molecule has 0 bridgehead atoms. The van der Waals surface area contributed by atoms with E-state index < -0.39 is 0 Å². The van der Waals surface area contributed by atoms with Gasteiger partial charge < -0.3 is 15.3 Å². The second-order valence-corrected chi connectivity index (χ2v) is 7.29. The van der Waals surface area contributed by atoms with Crippen LogP contribution in [0.2, 0.25) is 0 Å². The molecule has 2 saturated heterocycles. The van der Waals surface area contributed by atoms with Gasteiger partial charge in [-0.1, -0.05) is 0 Å². The van der Waals surface area contributed by atoms with Gasteiger partial charge in [-0.2, -0.15) is 5.10 Å². The number of benzene rings is 1. The summed E-state index contributed by atoms with van der Waals surface area (Å²) in [6.45, 7) is 5.18. The highest BCUT2D eigenvalue weighted by Crippen LogP contribution is 2.29. The van der Waals surface area contributed by atoms with Crippen LogP contribution in [0.4, 0.5) is 4.39 Å². The van der Waals surface area contributed by atoms with E-state index in [1.54, 1.807) is 17.9 Å². The molecule has 8 heteroatoms. The van der Waals surface area contributed by atoms with Gasteiger partial charge in [-0.25, -0.2) is 9.07 Å². The zero-order valence-corrected chi connectivity index (χ0v) is 16.0. The van der Waals surface area contributed by atoms with E-state index in [9.17, 15) is 14.3 Å². The third-order valence-corrected chi connectivity index (χ3v) is 5.61. The zero-order chi connectivity index (χ0) is 18.3. The largest absolute Gasteiger partial charge is 0.504 e. The number of nitrogens with one attached hydrogen (secondary N) is 1. The van der Waals surface area contributed by atoms with Gasteiger partial charge in [0, 0.05) is 13.1 Å². The maximum absolute atomic E-state index is 13.3. The molecule has 2 N–H and O–H groups in total. The summed E-state index contributed by atoms with van der Waals surface area (Å²) in [5, 5.41) is 18.0. The number of amides is 1. The molecule has 2 atom stereocenters. The van der Waals surface area contributed by atoms with Gasteiger partial charge in [0.1, 0.15) is 5.82 Å². The van der Waals surface area contributed by atoms with Crippen molar-refractivity contribution in [1.29, 1.82) is 0 Å². The zero-order valence-electron chi connectivity index (χ0n) is 15.2.